The van der Waals surface area contributed by atoms with Crippen LogP contribution in [0.3, 0.4) is 0 Å². The summed E-state index contributed by atoms with van der Waals surface area (Å²) in [5, 5.41) is 2.39. The average molecular weight is 964 g/mol. The van der Waals surface area contributed by atoms with E-state index >= 15 is 0 Å². The van der Waals surface area contributed by atoms with Crippen molar-refractivity contribution in [2.75, 3.05) is 61.4 Å². The number of anilines is 3. The summed E-state index contributed by atoms with van der Waals surface area (Å²) in [6, 6.07) is 16.7. The largest absolute Gasteiger partial charge is 0.497 e. The van der Waals surface area contributed by atoms with Gasteiger partial charge in [0.1, 0.15) is 30.3 Å². The van der Waals surface area contributed by atoms with Crippen LogP contribution in [0.2, 0.25) is 0 Å². The predicted molar refractivity (Wildman–Crippen MR) is 231 cm³/mol. The van der Waals surface area contributed by atoms with Crippen molar-refractivity contribution in [2.24, 2.45) is 0 Å². The summed E-state index contributed by atoms with van der Waals surface area (Å²) in [7, 11) is -5.77. The van der Waals surface area contributed by atoms with Crippen molar-refractivity contribution in [2.45, 2.75) is 47.8 Å². The lowest BCUT2D eigenvalue weighted by molar-refractivity contribution is -0.141. The molecule has 1 fully saturated rings. The van der Waals surface area contributed by atoms with Gasteiger partial charge in [-0.3, -0.25) is 23.2 Å². The minimum absolute atomic E-state index is 0.00137. The molecule has 6 rings (SSSR count). The number of nitrogens with one attached hydrogen (secondary N) is 1. The number of sulfonamides is 2. The number of hydrogen-bond acceptors (Lipinski definition) is 10. The lowest BCUT2D eigenvalue weighted by atomic mass is 10.1. The zero-order valence-electron chi connectivity index (χ0n) is 35.5. The third-order valence-corrected chi connectivity index (χ3v) is 14.1. The fourth-order valence-electron chi connectivity index (χ4n) is 7.13. The minimum Gasteiger partial charge on any atom is -0.497 e. The molecule has 1 aromatic heterocycles. The molecule has 0 radical (unpaired) electrons. The number of amides is 2. The fraction of sp³-hybridized carbons (Fsp3) is 0.295. The quantitative estimate of drug-likeness (QED) is 0.101. The van der Waals surface area contributed by atoms with E-state index in [0.717, 1.165) is 54.3 Å². The molecule has 0 bridgehead atoms. The average Bonchev–Trinajstić information content (AvgIpc) is 3.59. The van der Waals surface area contributed by atoms with E-state index in [0.29, 0.717) is 13.1 Å². The van der Waals surface area contributed by atoms with Gasteiger partial charge in [-0.15, -0.1) is 0 Å². The number of aromatic nitrogens is 1. The highest BCUT2D eigenvalue weighted by molar-refractivity contribution is 7.93. The van der Waals surface area contributed by atoms with Crippen LogP contribution in [0.4, 0.5) is 43.4 Å². The summed E-state index contributed by atoms with van der Waals surface area (Å²) in [4.78, 5) is 32.5. The molecule has 66 heavy (non-hydrogen) atoms. The van der Waals surface area contributed by atoms with Crippen LogP contribution in [0.1, 0.15) is 36.8 Å². The standard InChI is InChI=1S/C44H43F6N5O9S2/c1-62-31-13-18-34(19-14-31)65(58,59)54(37-25-30(43(45,46)47)12-20-35(37)44(48,49)50)27-40(56)52-36-9-8-22-51-42(36)29-10-16-33(17-11-29)66(60,61)55(28-41(57)53-23-6-4-5-7-24-53)38-26-32(63-2)15-21-39(38)64-3/h8-22,25-26H,4-7,23-24,27-28H2,1-3H3,(H,52,56). The number of halogens is 6. The molecular formula is C44H43F6N5O9S2. The van der Waals surface area contributed by atoms with Gasteiger partial charge in [0, 0.05) is 30.9 Å². The number of rotatable bonds is 15. The van der Waals surface area contributed by atoms with Crippen LogP contribution in [0, 0.1) is 0 Å². The van der Waals surface area contributed by atoms with Crippen LogP contribution < -0.4 is 28.1 Å². The molecule has 2 heterocycles. The summed E-state index contributed by atoms with van der Waals surface area (Å²) < 4.78 is 159. The second kappa shape index (κ2) is 19.9. The monoisotopic (exact) mass is 963 g/mol. The van der Waals surface area contributed by atoms with Gasteiger partial charge in [-0.1, -0.05) is 25.0 Å². The number of carbonyl (C=O) groups excluding carboxylic acids is 2. The van der Waals surface area contributed by atoms with Gasteiger partial charge in [0.05, 0.1) is 65.0 Å². The number of likely N-dealkylation sites (tertiary alicyclic amines) is 1. The highest BCUT2D eigenvalue weighted by atomic mass is 32.2. The van der Waals surface area contributed by atoms with Gasteiger partial charge in [-0.2, -0.15) is 26.3 Å². The van der Waals surface area contributed by atoms with Gasteiger partial charge < -0.3 is 24.4 Å². The van der Waals surface area contributed by atoms with E-state index in [1.165, 1.54) is 76.1 Å². The summed E-state index contributed by atoms with van der Waals surface area (Å²) in [6.45, 7) is -1.13. The van der Waals surface area contributed by atoms with Crippen molar-refractivity contribution in [3.05, 3.63) is 114 Å². The molecule has 22 heteroatoms. The third kappa shape index (κ3) is 10.9. The van der Waals surface area contributed by atoms with Crippen molar-refractivity contribution in [1.82, 2.24) is 9.88 Å². The smallest absolute Gasteiger partial charge is 0.418 e. The Bertz CT molecular complexity index is 2770. The summed E-state index contributed by atoms with van der Waals surface area (Å²) >= 11 is 0. The Hall–Kier alpha value is -6.55. The Labute approximate surface area is 376 Å². The molecule has 1 saturated heterocycles. The third-order valence-electron chi connectivity index (χ3n) is 10.5. The number of nitrogens with zero attached hydrogens (tertiary/aromatic N) is 4. The molecule has 1 aliphatic rings. The van der Waals surface area contributed by atoms with Crippen LogP contribution >= 0.6 is 0 Å². The Morgan fingerprint density at radius 2 is 1.24 bits per heavy atom. The Kier molecular flexibility index (Phi) is 14.7. The molecule has 0 atom stereocenters. The summed E-state index contributed by atoms with van der Waals surface area (Å²) in [5.74, 6) is -1.16. The van der Waals surface area contributed by atoms with Crippen molar-refractivity contribution in [3.8, 4) is 28.5 Å². The lowest BCUT2D eigenvalue weighted by Crippen LogP contribution is -2.43. The van der Waals surface area contributed by atoms with Crippen LogP contribution in [-0.2, 0) is 42.0 Å². The van der Waals surface area contributed by atoms with Gasteiger partial charge in [0.2, 0.25) is 11.8 Å². The molecule has 352 valence electrons. The van der Waals surface area contributed by atoms with Crippen LogP contribution in [-0.4, -0.2) is 86.0 Å². The van der Waals surface area contributed by atoms with E-state index in [9.17, 15) is 52.8 Å². The van der Waals surface area contributed by atoms with Gasteiger partial charge in [0.15, 0.2) is 0 Å². The maximum Gasteiger partial charge on any atom is 0.418 e. The SMILES string of the molecule is COc1ccc(S(=O)(=O)N(CC(=O)Nc2cccnc2-c2ccc(S(=O)(=O)N(CC(=O)N3CCCCCC3)c3cc(OC)ccc3OC)cc2)c2cc(C(F)(F)F)ccc2C(F)(F)F)cc1. The topological polar surface area (TPSA) is 165 Å². The fourth-order valence-corrected chi connectivity index (χ4v) is 9.98. The lowest BCUT2D eigenvalue weighted by Gasteiger charge is -2.29. The zero-order valence-corrected chi connectivity index (χ0v) is 37.2. The first-order chi connectivity index (χ1) is 31.2. The predicted octanol–water partition coefficient (Wildman–Crippen LogP) is 8.24. The van der Waals surface area contributed by atoms with Crippen molar-refractivity contribution in [1.29, 1.82) is 0 Å². The molecule has 1 N–H and O–H groups in total. The van der Waals surface area contributed by atoms with Crippen LogP contribution in [0.5, 0.6) is 17.2 Å². The van der Waals surface area contributed by atoms with Gasteiger partial charge in [0.25, 0.3) is 20.0 Å². The first kappa shape index (κ1) is 48.9. The van der Waals surface area contributed by atoms with E-state index in [1.54, 1.807) is 11.0 Å². The minimum atomic E-state index is -5.38. The molecule has 1 aliphatic heterocycles. The Balaban J connectivity index is 1.35. The maximum atomic E-state index is 14.5. The Morgan fingerprint density at radius 3 is 1.80 bits per heavy atom. The first-order valence-corrected chi connectivity index (χ1v) is 22.9. The second-order valence-electron chi connectivity index (χ2n) is 14.7. The van der Waals surface area contributed by atoms with Crippen molar-refractivity contribution < 1.29 is 67.0 Å². The number of pyridine rings is 1. The van der Waals surface area contributed by atoms with Gasteiger partial charge >= 0.3 is 12.4 Å². The highest BCUT2D eigenvalue weighted by Gasteiger charge is 2.42. The molecule has 0 saturated carbocycles. The normalized spacial score (nSPS) is 13.6. The summed E-state index contributed by atoms with van der Waals surface area (Å²) in [5.41, 5.74) is -4.80. The van der Waals surface area contributed by atoms with E-state index in [1.807, 2.05) is 0 Å². The Morgan fingerprint density at radius 1 is 0.667 bits per heavy atom. The van der Waals surface area contributed by atoms with Crippen molar-refractivity contribution >= 4 is 48.9 Å². The van der Waals surface area contributed by atoms with Crippen molar-refractivity contribution in [3.63, 3.8) is 0 Å². The van der Waals surface area contributed by atoms with E-state index in [-0.39, 0.29) is 67.3 Å². The van der Waals surface area contributed by atoms with E-state index in [2.05, 4.69) is 10.3 Å². The number of alkyl halides is 6. The molecular weight excluding hydrogens is 921 g/mol. The highest BCUT2D eigenvalue weighted by Crippen LogP contribution is 2.43. The molecule has 14 nitrogen and oxygen atoms in total. The zero-order chi connectivity index (χ0) is 48.0. The molecule has 5 aromatic rings. The number of carbonyl (C=O) groups is 2. The molecule has 2 amide bonds. The molecule has 0 aliphatic carbocycles. The van der Waals surface area contributed by atoms with E-state index in [4.69, 9.17) is 14.2 Å². The number of methoxy groups -OCH3 is 3. The number of hydrogen-bond donors (Lipinski definition) is 1. The number of benzene rings is 4. The van der Waals surface area contributed by atoms with Gasteiger partial charge in [-0.25, -0.2) is 16.8 Å². The van der Waals surface area contributed by atoms with Crippen LogP contribution in [0.25, 0.3) is 11.3 Å². The molecule has 0 unspecified atom stereocenters. The van der Waals surface area contributed by atoms with Crippen LogP contribution in [0.15, 0.2) is 113 Å². The summed E-state index contributed by atoms with van der Waals surface area (Å²) in [6.07, 6.45) is -5.91. The number of ether oxygens (including phenoxy) is 3. The first-order valence-electron chi connectivity index (χ1n) is 20.0. The second-order valence-corrected chi connectivity index (χ2v) is 18.5. The molecule has 4 aromatic carbocycles. The van der Waals surface area contributed by atoms with Gasteiger partial charge in [-0.05, 0) is 91.7 Å². The molecule has 0 spiro atoms. The maximum absolute atomic E-state index is 14.5. The van der Waals surface area contributed by atoms with E-state index < -0.39 is 79.0 Å².